The van der Waals surface area contributed by atoms with Crippen LogP contribution in [-0.4, -0.2) is 78.1 Å². The van der Waals surface area contributed by atoms with Crippen LogP contribution in [0.1, 0.15) is 36.9 Å². The number of hydrogen-bond acceptors (Lipinski definition) is 7. The van der Waals surface area contributed by atoms with Gasteiger partial charge in [-0.15, -0.1) is 0 Å². The van der Waals surface area contributed by atoms with E-state index in [0.29, 0.717) is 25.2 Å². The average molecular weight is 474 g/mol. The molecule has 0 bridgehead atoms. The van der Waals surface area contributed by atoms with Crippen LogP contribution in [0.25, 0.3) is 0 Å². The first kappa shape index (κ1) is 25.8. The van der Waals surface area contributed by atoms with E-state index in [0.717, 1.165) is 50.2 Å². The third kappa shape index (κ3) is 8.53. The lowest BCUT2D eigenvalue weighted by Gasteiger charge is -2.26. The highest BCUT2D eigenvalue weighted by molar-refractivity contribution is 5.77. The second kappa shape index (κ2) is 13.8. The number of halogens is 1. The Balaban J connectivity index is 1.50. The highest BCUT2D eigenvalue weighted by Crippen LogP contribution is 2.20. The normalized spacial score (nSPS) is 14.8. The van der Waals surface area contributed by atoms with Gasteiger partial charge in [-0.1, -0.05) is 6.07 Å². The smallest absolute Gasteiger partial charge is 0.326 e. The Morgan fingerprint density at radius 1 is 1.32 bits per heavy atom. The largest absolute Gasteiger partial charge is 0.480 e. The molecule has 2 aromatic heterocycles. The number of nitrogens with one attached hydrogen (secondary N) is 2. The first-order chi connectivity index (χ1) is 16.5. The SMILES string of the molecule is COCC(F)CN(CCCCc1ccc2c(n1)NCCC2)CCC(Nc1cccnc1)C(=O)O. The first-order valence-corrected chi connectivity index (χ1v) is 12.0. The Morgan fingerprint density at radius 2 is 2.21 bits per heavy atom. The molecule has 3 heterocycles. The Bertz CT molecular complexity index is 886. The van der Waals surface area contributed by atoms with E-state index in [2.05, 4.69) is 27.8 Å². The van der Waals surface area contributed by atoms with Crippen LogP contribution < -0.4 is 10.6 Å². The number of nitrogens with zero attached hydrogens (tertiary/aromatic N) is 3. The summed E-state index contributed by atoms with van der Waals surface area (Å²) in [6, 6.07) is 7.01. The number of aromatic nitrogens is 2. The number of ether oxygens (including phenoxy) is 1. The zero-order valence-electron chi connectivity index (χ0n) is 19.9. The van der Waals surface area contributed by atoms with E-state index in [1.807, 2.05) is 4.90 Å². The topological polar surface area (TPSA) is 99.6 Å². The lowest BCUT2D eigenvalue weighted by molar-refractivity contribution is -0.138. The van der Waals surface area contributed by atoms with Gasteiger partial charge < -0.3 is 25.4 Å². The Kier molecular flexibility index (Phi) is 10.5. The van der Waals surface area contributed by atoms with E-state index in [1.54, 1.807) is 24.5 Å². The number of rotatable bonds is 15. The van der Waals surface area contributed by atoms with Crippen LogP contribution >= 0.6 is 0 Å². The van der Waals surface area contributed by atoms with Crippen molar-refractivity contribution in [2.24, 2.45) is 0 Å². The van der Waals surface area contributed by atoms with Crippen molar-refractivity contribution >= 4 is 17.5 Å². The van der Waals surface area contributed by atoms with Gasteiger partial charge in [-0.25, -0.2) is 14.2 Å². The number of aliphatic carboxylic acids is 1. The van der Waals surface area contributed by atoms with Gasteiger partial charge in [0.2, 0.25) is 0 Å². The summed E-state index contributed by atoms with van der Waals surface area (Å²) in [6.45, 7) is 2.37. The second-order valence-electron chi connectivity index (χ2n) is 8.72. The van der Waals surface area contributed by atoms with Crippen molar-refractivity contribution in [2.75, 3.05) is 50.5 Å². The van der Waals surface area contributed by atoms with E-state index in [1.165, 1.54) is 12.7 Å². The second-order valence-corrected chi connectivity index (χ2v) is 8.72. The number of carboxylic acid groups (broad SMARTS) is 1. The molecule has 1 aliphatic heterocycles. The molecule has 0 fully saturated rings. The molecule has 3 rings (SSSR count). The molecule has 0 aliphatic carbocycles. The minimum absolute atomic E-state index is 0.0266. The fourth-order valence-corrected chi connectivity index (χ4v) is 4.18. The predicted molar refractivity (Wildman–Crippen MR) is 131 cm³/mol. The van der Waals surface area contributed by atoms with Crippen LogP contribution in [0.5, 0.6) is 0 Å². The number of methoxy groups -OCH3 is 1. The van der Waals surface area contributed by atoms with Gasteiger partial charge in [0, 0.05) is 44.8 Å². The van der Waals surface area contributed by atoms with Gasteiger partial charge >= 0.3 is 5.97 Å². The summed E-state index contributed by atoms with van der Waals surface area (Å²) in [4.78, 5) is 22.5. The van der Waals surface area contributed by atoms with Gasteiger partial charge in [0.05, 0.1) is 12.3 Å². The molecule has 2 unspecified atom stereocenters. The number of fused-ring (bicyclic) bond motifs is 1. The van der Waals surface area contributed by atoms with Gasteiger partial charge in [-0.3, -0.25) is 4.98 Å². The van der Waals surface area contributed by atoms with Crippen molar-refractivity contribution < 1.29 is 19.0 Å². The Hall–Kier alpha value is -2.78. The summed E-state index contributed by atoms with van der Waals surface area (Å²) < 4.78 is 19.2. The predicted octanol–water partition coefficient (Wildman–Crippen LogP) is 3.40. The molecular weight excluding hydrogens is 437 g/mol. The average Bonchev–Trinajstić information content (AvgIpc) is 2.84. The molecule has 0 radical (unpaired) electrons. The number of anilines is 2. The fraction of sp³-hybridized carbons (Fsp3) is 0.560. The van der Waals surface area contributed by atoms with E-state index in [-0.39, 0.29) is 13.2 Å². The summed E-state index contributed by atoms with van der Waals surface area (Å²) in [5, 5.41) is 16.0. The molecule has 186 valence electrons. The van der Waals surface area contributed by atoms with Crippen LogP contribution in [0.3, 0.4) is 0 Å². The van der Waals surface area contributed by atoms with Crippen LogP contribution in [0.15, 0.2) is 36.7 Å². The van der Waals surface area contributed by atoms with Crippen molar-refractivity contribution in [1.82, 2.24) is 14.9 Å². The maximum atomic E-state index is 14.3. The lowest BCUT2D eigenvalue weighted by atomic mass is 10.1. The van der Waals surface area contributed by atoms with E-state index in [4.69, 9.17) is 9.72 Å². The van der Waals surface area contributed by atoms with Gasteiger partial charge in [0.1, 0.15) is 18.0 Å². The molecular formula is C25H36FN5O3. The van der Waals surface area contributed by atoms with Crippen LogP contribution in [0, 0.1) is 0 Å². The molecule has 0 saturated carbocycles. The lowest BCUT2D eigenvalue weighted by Crippen LogP contribution is -2.38. The van der Waals surface area contributed by atoms with Gasteiger partial charge in [-0.2, -0.15) is 0 Å². The molecule has 0 amide bonds. The van der Waals surface area contributed by atoms with Gasteiger partial charge in [0.15, 0.2) is 0 Å². The summed E-state index contributed by atoms with van der Waals surface area (Å²) in [5.41, 5.74) is 2.99. The maximum Gasteiger partial charge on any atom is 0.326 e. The zero-order chi connectivity index (χ0) is 24.2. The van der Waals surface area contributed by atoms with Crippen molar-refractivity contribution in [1.29, 1.82) is 0 Å². The summed E-state index contributed by atoms with van der Waals surface area (Å²) in [7, 11) is 1.48. The highest BCUT2D eigenvalue weighted by atomic mass is 19.1. The monoisotopic (exact) mass is 473 g/mol. The van der Waals surface area contributed by atoms with Crippen LogP contribution in [0.4, 0.5) is 15.9 Å². The van der Waals surface area contributed by atoms with Crippen molar-refractivity contribution in [3.63, 3.8) is 0 Å². The molecule has 34 heavy (non-hydrogen) atoms. The Labute approximate surface area is 200 Å². The number of pyridine rings is 2. The first-order valence-electron chi connectivity index (χ1n) is 12.0. The van der Waals surface area contributed by atoms with Crippen LogP contribution in [0.2, 0.25) is 0 Å². The molecule has 0 aromatic carbocycles. The molecule has 8 nitrogen and oxygen atoms in total. The number of unbranched alkanes of at least 4 members (excludes halogenated alkanes) is 1. The summed E-state index contributed by atoms with van der Waals surface area (Å²) >= 11 is 0. The number of alkyl halides is 1. The fourth-order valence-electron chi connectivity index (χ4n) is 4.18. The van der Waals surface area contributed by atoms with Gasteiger partial charge in [-0.05, 0) is 68.8 Å². The number of hydrogen-bond donors (Lipinski definition) is 3. The summed E-state index contributed by atoms with van der Waals surface area (Å²) in [6.07, 6.45) is 7.34. The standard InChI is InChI=1S/C25H36FN5O3/c1-34-18-20(26)17-31(15-11-23(25(32)33)29-22-8-5-12-27-16-22)14-3-2-7-21-10-9-19-6-4-13-28-24(19)30-21/h5,8-10,12,16,20,23,29H,2-4,6-7,11,13-15,17-18H2,1H3,(H,28,30)(H,32,33). The minimum Gasteiger partial charge on any atom is -0.480 e. The van der Waals surface area contributed by atoms with E-state index >= 15 is 0 Å². The molecule has 0 spiro atoms. The van der Waals surface area contributed by atoms with E-state index in [9.17, 15) is 14.3 Å². The summed E-state index contributed by atoms with van der Waals surface area (Å²) in [5.74, 6) is 0.0654. The van der Waals surface area contributed by atoms with Gasteiger partial charge in [0.25, 0.3) is 0 Å². The van der Waals surface area contributed by atoms with E-state index < -0.39 is 18.2 Å². The zero-order valence-corrected chi connectivity index (χ0v) is 19.9. The number of aryl methyl sites for hydroxylation is 2. The third-order valence-corrected chi connectivity index (χ3v) is 5.95. The molecule has 2 aromatic rings. The quantitative estimate of drug-likeness (QED) is 0.339. The number of carboxylic acids is 1. The van der Waals surface area contributed by atoms with Crippen molar-refractivity contribution in [2.45, 2.75) is 50.7 Å². The van der Waals surface area contributed by atoms with Crippen molar-refractivity contribution in [3.8, 4) is 0 Å². The molecule has 2 atom stereocenters. The third-order valence-electron chi connectivity index (χ3n) is 5.95. The number of carbonyl (C=O) groups is 1. The molecule has 3 N–H and O–H groups in total. The Morgan fingerprint density at radius 3 is 2.97 bits per heavy atom. The molecule has 9 heteroatoms. The molecule has 1 aliphatic rings. The molecule has 0 saturated heterocycles. The van der Waals surface area contributed by atoms with Crippen LogP contribution in [-0.2, 0) is 22.4 Å². The highest BCUT2D eigenvalue weighted by Gasteiger charge is 2.20. The van der Waals surface area contributed by atoms with Crippen molar-refractivity contribution in [3.05, 3.63) is 47.9 Å². The maximum absolute atomic E-state index is 14.3. The minimum atomic E-state index is -1.12.